The maximum absolute atomic E-state index is 12.8. The lowest BCUT2D eigenvalue weighted by Gasteiger charge is -2.18. The summed E-state index contributed by atoms with van der Waals surface area (Å²) in [5.74, 6) is -0.121. The minimum Gasteiger partial charge on any atom is -0.354 e. The van der Waals surface area contributed by atoms with Crippen molar-refractivity contribution in [3.8, 4) is 0 Å². The Bertz CT molecular complexity index is 694. The van der Waals surface area contributed by atoms with Crippen LogP contribution >= 0.6 is 11.3 Å². The van der Waals surface area contributed by atoms with Crippen LogP contribution in [0.15, 0.2) is 52.1 Å². The Kier molecular flexibility index (Phi) is 5.74. The van der Waals surface area contributed by atoms with E-state index in [1.165, 1.54) is 11.3 Å². The van der Waals surface area contributed by atoms with E-state index in [9.17, 15) is 13.2 Å². The van der Waals surface area contributed by atoms with Crippen LogP contribution in [0.1, 0.15) is 30.6 Å². The summed E-state index contributed by atoms with van der Waals surface area (Å²) >= 11 is 1.20. The Morgan fingerprint density at radius 2 is 1.91 bits per heavy atom. The van der Waals surface area contributed by atoms with E-state index in [1.807, 2.05) is 13.0 Å². The molecule has 0 spiro atoms. The zero-order chi connectivity index (χ0) is 16.0. The fourth-order valence-corrected chi connectivity index (χ4v) is 5.03. The summed E-state index contributed by atoms with van der Waals surface area (Å²) in [5, 5.41) is 3.71. The fraction of sp³-hybridized carbons (Fsp3) is 0.312. The molecule has 0 saturated carbocycles. The van der Waals surface area contributed by atoms with E-state index in [4.69, 9.17) is 0 Å². The summed E-state index contributed by atoms with van der Waals surface area (Å²) < 4.78 is 26.0. The molecule has 1 aromatic heterocycles. The van der Waals surface area contributed by atoms with Crippen LogP contribution in [0.2, 0.25) is 0 Å². The lowest BCUT2D eigenvalue weighted by molar-refractivity contribution is -0.121. The zero-order valence-corrected chi connectivity index (χ0v) is 14.0. The predicted octanol–water partition coefficient (Wildman–Crippen LogP) is 3.18. The van der Waals surface area contributed by atoms with Crippen molar-refractivity contribution in [2.45, 2.75) is 29.2 Å². The largest absolute Gasteiger partial charge is 0.354 e. The number of amides is 1. The number of hydrogen-bond acceptors (Lipinski definition) is 4. The number of hydrogen-bond donors (Lipinski definition) is 1. The molecule has 0 aliphatic carbocycles. The van der Waals surface area contributed by atoms with Gasteiger partial charge < -0.3 is 5.32 Å². The molecule has 1 heterocycles. The van der Waals surface area contributed by atoms with Crippen LogP contribution in [0.4, 0.5) is 0 Å². The summed E-state index contributed by atoms with van der Waals surface area (Å²) in [6, 6.07) is 12.3. The van der Waals surface area contributed by atoms with Crippen molar-refractivity contribution in [1.29, 1.82) is 0 Å². The van der Waals surface area contributed by atoms with Gasteiger partial charge in [-0.05, 0) is 23.4 Å². The van der Waals surface area contributed by atoms with Crippen molar-refractivity contribution in [2.24, 2.45) is 0 Å². The highest BCUT2D eigenvalue weighted by atomic mass is 32.2. The van der Waals surface area contributed by atoms with Gasteiger partial charge in [0.25, 0.3) is 0 Å². The molecule has 0 radical (unpaired) electrons. The molecular formula is C16H19NO3S2. The molecule has 1 aromatic carbocycles. The molecule has 1 atom stereocenters. The molecule has 22 heavy (non-hydrogen) atoms. The normalized spacial score (nSPS) is 12.8. The number of benzene rings is 1. The summed E-state index contributed by atoms with van der Waals surface area (Å²) in [5.41, 5.74) is 0.688. The predicted molar refractivity (Wildman–Crippen MR) is 88.6 cm³/mol. The molecule has 2 rings (SSSR count). The molecule has 1 amide bonds. The van der Waals surface area contributed by atoms with E-state index in [2.05, 4.69) is 5.32 Å². The third kappa shape index (κ3) is 3.96. The van der Waals surface area contributed by atoms with Gasteiger partial charge in [0.2, 0.25) is 5.91 Å². The number of rotatable bonds is 7. The molecule has 0 saturated heterocycles. The van der Waals surface area contributed by atoms with Crippen LogP contribution < -0.4 is 5.32 Å². The van der Waals surface area contributed by atoms with Crippen molar-refractivity contribution < 1.29 is 13.2 Å². The molecule has 0 aliphatic heterocycles. The van der Waals surface area contributed by atoms with Crippen molar-refractivity contribution in [3.05, 3.63) is 53.4 Å². The van der Waals surface area contributed by atoms with E-state index in [0.717, 1.165) is 6.42 Å². The van der Waals surface area contributed by atoms with Crippen LogP contribution in [0.3, 0.4) is 0 Å². The Morgan fingerprint density at radius 3 is 2.50 bits per heavy atom. The number of sulfone groups is 1. The summed E-state index contributed by atoms with van der Waals surface area (Å²) in [7, 11) is -3.52. The third-order valence-electron chi connectivity index (χ3n) is 3.28. The molecule has 0 aliphatic rings. The maximum Gasteiger partial charge on any atom is 0.220 e. The topological polar surface area (TPSA) is 63.2 Å². The molecule has 0 unspecified atom stereocenters. The van der Waals surface area contributed by atoms with Crippen molar-refractivity contribution >= 4 is 27.1 Å². The van der Waals surface area contributed by atoms with E-state index < -0.39 is 15.1 Å². The van der Waals surface area contributed by atoms with Crippen molar-refractivity contribution in [1.82, 2.24) is 5.32 Å². The Balaban J connectivity index is 2.28. The molecule has 118 valence electrons. The first-order valence-corrected chi connectivity index (χ1v) is 9.57. The lowest BCUT2D eigenvalue weighted by Crippen LogP contribution is -2.31. The second-order valence-electron chi connectivity index (χ2n) is 4.93. The highest BCUT2D eigenvalue weighted by Crippen LogP contribution is 2.31. The molecule has 1 N–H and O–H groups in total. The number of thiophene rings is 1. The fourth-order valence-electron chi connectivity index (χ4n) is 2.16. The first-order chi connectivity index (χ1) is 10.6. The van der Waals surface area contributed by atoms with Crippen LogP contribution in [0.25, 0.3) is 0 Å². The van der Waals surface area contributed by atoms with E-state index >= 15 is 0 Å². The highest BCUT2D eigenvalue weighted by Gasteiger charge is 2.30. The smallest absolute Gasteiger partial charge is 0.220 e. The van der Waals surface area contributed by atoms with Gasteiger partial charge in [-0.3, -0.25) is 4.79 Å². The number of carbonyl (C=O) groups excluding carboxylic acids is 1. The first kappa shape index (κ1) is 16.7. The van der Waals surface area contributed by atoms with Crippen LogP contribution in [0, 0.1) is 0 Å². The Hall–Kier alpha value is -1.66. The maximum atomic E-state index is 12.8. The monoisotopic (exact) mass is 337 g/mol. The molecule has 0 fully saturated rings. The quantitative estimate of drug-likeness (QED) is 0.844. The average Bonchev–Trinajstić information content (AvgIpc) is 3.03. The van der Waals surface area contributed by atoms with Gasteiger partial charge in [0.1, 0.15) is 9.46 Å². The molecule has 6 heteroatoms. The minimum absolute atomic E-state index is 0.0864. The average molecular weight is 337 g/mol. The molecule has 0 bridgehead atoms. The molecular weight excluding hydrogens is 318 g/mol. The van der Waals surface area contributed by atoms with Gasteiger partial charge in [0.15, 0.2) is 9.84 Å². The second kappa shape index (κ2) is 7.56. The van der Waals surface area contributed by atoms with Crippen LogP contribution in [-0.4, -0.2) is 20.9 Å². The second-order valence-corrected chi connectivity index (χ2v) is 8.24. The van der Waals surface area contributed by atoms with Crippen LogP contribution in [0.5, 0.6) is 0 Å². The van der Waals surface area contributed by atoms with Gasteiger partial charge in [-0.2, -0.15) is 0 Å². The molecule has 2 aromatic rings. The number of nitrogens with one attached hydrogen (secondary N) is 1. The standard InChI is InChI=1S/C16H19NO3S2/c1-2-7-15(18)17-12-14(13-8-4-3-5-9-13)22(19,20)16-10-6-11-21-16/h3-6,8-11,14H,2,7,12H2,1H3,(H,17,18)/t14-/m1/s1. The summed E-state index contributed by atoms with van der Waals surface area (Å²) in [4.78, 5) is 11.7. The lowest BCUT2D eigenvalue weighted by atomic mass is 10.1. The van der Waals surface area contributed by atoms with Crippen molar-refractivity contribution in [2.75, 3.05) is 6.54 Å². The summed E-state index contributed by atoms with van der Waals surface area (Å²) in [6.45, 7) is 2.00. The Labute approximate surface area is 135 Å². The third-order valence-corrected chi connectivity index (χ3v) is 6.82. The van der Waals surface area contributed by atoms with Gasteiger partial charge in [-0.25, -0.2) is 8.42 Å². The van der Waals surface area contributed by atoms with Gasteiger partial charge >= 0.3 is 0 Å². The van der Waals surface area contributed by atoms with Gasteiger partial charge in [0.05, 0.1) is 0 Å². The first-order valence-electron chi connectivity index (χ1n) is 7.14. The van der Waals surface area contributed by atoms with Crippen molar-refractivity contribution in [3.63, 3.8) is 0 Å². The van der Waals surface area contributed by atoms with Gasteiger partial charge in [-0.1, -0.05) is 43.3 Å². The van der Waals surface area contributed by atoms with Crippen LogP contribution in [-0.2, 0) is 14.6 Å². The van der Waals surface area contributed by atoms with E-state index in [-0.39, 0.29) is 12.5 Å². The van der Waals surface area contributed by atoms with E-state index in [0.29, 0.717) is 16.2 Å². The van der Waals surface area contributed by atoms with E-state index in [1.54, 1.807) is 41.8 Å². The van der Waals surface area contributed by atoms with Gasteiger partial charge in [-0.15, -0.1) is 11.3 Å². The zero-order valence-electron chi connectivity index (χ0n) is 12.4. The summed E-state index contributed by atoms with van der Waals surface area (Å²) in [6.07, 6.45) is 1.14. The Morgan fingerprint density at radius 1 is 1.18 bits per heavy atom. The minimum atomic E-state index is -3.52. The number of carbonyl (C=O) groups is 1. The molecule has 4 nitrogen and oxygen atoms in total. The van der Waals surface area contributed by atoms with Gasteiger partial charge in [0, 0.05) is 13.0 Å². The highest BCUT2D eigenvalue weighted by molar-refractivity contribution is 7.93. The SMILES string of the molecule is CCCC(=O)NC[C@H](c1ccccc1)S(=O)(=O)c1cccs1.